The van der Waals surface area contributed by atoms with Crippen molar-refractivity contribution >= 4 is 27.5 Å². The molecule has 0 radical (unpaired) electrons. The molecule has 1 aliphatic carbocycles. The molecular formula is C28H31F6N3O5S. The fraction of sp³-hybridized carbons (Fsp3) is 0.500. The molecule has 4 rings (SSSR count). The van der Waals surface area contributed by atoms with Gasteiger partial charge in [-0.2, -0.15) is 26.3 Å². The molecule has 15 heteroatoms. The van der Waals surface area contributed by atoms with Crippen molar-refractivity contribution in [2.75, 3.05) is 4.31 Å². The monoisotopic (exact) mass is 635 g/mol. The Bertz CT molecular complexity index is 1460. The first-order valence-corrected chi connectivity index (χ1v) is 15.0. The van der Waals surface area contributed by atoms with E-state index in [9.17, 15) is 49.5 Å². The van der Waals surface area contributed by atoms with Crippen molar-refractivity contribution in [3.63, 3.8) is 0 Å². The van der Waals surface area contributed by atoms with Crippen LogP contribution in [0, 0.1) is 6.92 Å². The normalized spacial score (nSPS) is 21.3. The van der Waals surface area contributed by atoms with Gasteiger partial charge in [0.25, 0.3) is 15.6 Å². The van der Waals surface area contributed by atoms with Crippen LogP contribution in [0.15, 0.2) is 47.4 Å². The van der Waals surface area contributed by atoms with Crippen LogP contribution in [0.5, 0.6) is 0 Å². The minimum atomic E-state index is -6.11. The van der Waals surface area contributed by atoms with E-state index in [0.717, 1.165) is 22.4 Å². The van der Waals surface area contributed by atoms with Crippen molar-refractivity contribution in [2.45, 2.75) is 93.3 Å². The van der Waals surface area contributed by atoms with E-state index in [0.29, 0.717) is 25.0 Å². The third-order valence-corrected chi connectivity index (χ3v) is 9.76. The zero-order chi connectivity index (χ0) is 32.0. The van der Waals surface area contributed by atoms with Crippen LogP contribution in [-0.2, 0) is 31.6 Å². The Morgan fingerprint density at radius 3 is 2.07 bits per heavy atom. The smallest absolute Gasteiger partial charge is 0.369 e. The van der Waals surface area contributed by atoms with Crippen LogP contribution in [0.25, 0.3) is 0 Å². The van der Waals surface area contributed by atoms with Gasteiger partial charge in [0.05, 0.1) is 16.6 Å². The third-order valence-electron chi connectivity index (χ3n) is 7.88. The Balaban J connectivity index is 1.73. The highest BCUT2D eigenvalue weighted by atomic mass is 32.2. The highest BCUT2D eigenvalue weighted by Gasteiger charge is 2.71. The minimum Gasteiger partial charge on any atom is -0.369 e. The maximum Gasteiger partial charge on any atom is 0.430 e. The molecule has 1 heterocycles. The van der Waals surface area contributed by atoms with Crippen molar-refractivity contribution in [3.8, 4) is 0 Å². The molecule has 1 fully saturated rings. The number of halogens is 6. The molecule has 8 nitrogen and oxygen atoms in total. The lowest BCUT2D eigenvalue weighted by Crippen LogP contribution is -2.54. The topological polar surface area (TPSA) is 116 Å². The van der Waals surface area contributed by atoms with E-state index >= 15 is 0 Å². The Kier molecular flexibility index (Phi) is 8.82. The zero-order valence-electron chi connectivity index (χ0n) is 23.2. The van der Waals surface area contributed by atoms with Gasteiger partial charge in [-0.3, -0.25) is 13.9 Å². The van der Waals surface area contributed by atoms with Crippen LogP contribution < -0.4 is 14.9 Å². The Morgan fingerprint density at radius 1 is 0.930 bits per heavy atom. The maximum absolute atomic E-state index is 13.9. The average molecular weight is 636 g/mol. The number of rotatable bonds is 7. The lowest BCUT2D eigenvalue weighted by molar-refractivity contribution is -0.376. The summed E-state index contributed by atoms with van der Waals surface area (Å²) >= 11 is 0. The molecule has 0 bridgehead atoms. The fourth-order valence-electron chi connectivity index (χ4n) is 5.73. The van der Waals surface area contributed by atoms with Crippen molar-refractivity contribution < 1.29 is 49.5 Å². The van der Waals surface area contributed by atoms with Gasteiger partial charge in [0.2, 0.25) is 11.8 Å². The van der Waals surface area contributed by atoms with Crippen molar-refractivity contribution in [1.29, 1.82) is 0 Å². The molecule has 3 atom stereocenters. The molecule has 1 saturated carbocycles. The van der Waals surface area contributed by atoms with Crippen LogP contribution in [-0.4, -0.2) is 55.8 Å². The first-order valence-electron chi connectivity index (χ1n) is 13.5. The number of sulfonamides is 1. The first-order chi connectivity index (χ1) is 19.9. The minimum absolute atomic E-state index is 0.106. The molecule has 2 aromatic carbocycles. The quantitative estimate of drug-likeness (QED) is 0.391. The Hall–Kier alpha value is -3.33. The summed E-state index contributed by atoms with van der Waals surface area (Å²) in [5, 5.41) is 15.5. The molecule has 1 aliphatic heterocycles. The second-order valence-corrected chi connectivity index (χ2v) is 12.8. The van der Waals surface area contributed by atoms with Crippen molar-refractivity contribution in [1.82, 2.24) is 10.6 Å². The van der Waals surface area contributed by atoms with Crippen LogP contribution in [0.3, 0.4) is 0 Å². The number of aliphatic hydroxyl groups is 1. The summed E-state index contributed by atoms with van der Waals surface area (Å²) in [5.74, 6) is -0.798. The number of carbonyl (C=O) groups excluding carboxylic acids is 2. The summed E-state index contributed by atoms with van der Waals surface area (Å²) in [6.45, 7) is 3.07. The highest BCUT2D eigenvalue weighted by molar-refractivity contribution is 7.92. The summed E-state index contributed by atoms with van der Waals surface area (Å²) in [6.07, 6.45) is -10.9. The largest absolute Gasteiger partial charge is 0.430 e. The van der Waals surface area contributed by atoms with Gasteiger partial charge in [0.1, 0.15) is 0 Å². The molecule has 2 aromatic rings. The molecule has 0 saturated heterocycles. The van der Waals surface area contributed by atoms with Gasteiger partial charge in [0, 0.05) is 31.0 Å². The molecule has 236 valence electrons. The number of nitrogens with zero attached hydrogens (tertiary/aromatic N) is 1. The molecule has 0 unspecified atom stereocenters. The second-order valence-electron chi connectivity index (χ2n) is 11.0. The van der Waals surface area contributed by atoms with Gasteiger partial charge in [-0.15, -0.1) is 0 Å². The number of hydrogen-bond donors (Lipinski definition) is 3. The maximum atomic E-state index is 13.9. The van der Waals surface area contributed by atoms with Gasteiger partial charge < -0.3 is 15.7 Å². The molecular weight excluding hydrogens is 604 g/mol. The number of alkyl halides is 6. The van der Waals surface area contributed by atoms with Crippen LogP contribution in [0.4, 0.5) is 32.0 Å². The fourth-order valence-corrected chi connectivity index (χ4v) is 7.45. The van der Waals surface area contributed by atoms with Gasteiger partial charge in [-0.25, -0.2) is 8.42 Å². The van der Waals surface area contributed by atoms with E-state index < -0.39 is 45.5 Å². The number of amides is 2. The van der Waals surface area contributed by atoms with E-state index in [4.69, 9.17) is 0 Å². The second kappa shape index (κ2) is 11.6. The van der Waals surface area contributed by atoms with Gasteiger partial charge in [0.15, 0.2) is 0 Å². The number of hydrogen-bond acceptors (Lipinski definition) is 5. The van der Waals surface area contributed by atoms with E-state index in [1.807, 2.05) is 0 Å². The van der Waals surface area contributed by atoms with Crippen molar-refractivity contribution in [2.24, 2.45) is 0 Å². The number of anilines is 1. The lowest BCUT2D eigenvalue weighted by atomic mass is 9.87. The predicted molar refractivity (Wildman–Crippen MR) is 143 cm³/mol. The summed E-state index contributed by atoms with van der Waals surface area (Å²) in [6, 6.07) is 5.66. The summed E-state index contributed by atoms with van der Waals surface area (Å²) < 4.78 is 110. The van der Waals surface area contributed by atoms with E-state index in [1.54, 1.807) is 6.92 Å². The standard InChI is InChI=1S/C28H31F6N3O5S/c1-16-6-11-21(12-7-16)43(41,42)37-20(15-25(39)36-23-5-3-4-22(23)35-17(2)38)10-8-18-14-19(9-13-24(18)37)26(40,27(29,30)31)28(32,33)34/h6-7,9,11-14,20,22-23,40H,3-5,8,10,15H2,1-2H3,(H,35,38)(H,36,39)/t20-,22+,23+/m0/s1. The highest BCUT2D eigenvalue weighted by Crippen LogP contribution is 2.51. The van der Waals surface area contributed by atoms with Gasteiger partial charge in [-0.05, 0) is 62.8 Å². The SMILES string of the molecule is CC(=O)N[C@@H]1CCC[C@H]1NC(=O)C[C@@H]1CCc2cc(C(O)(C(F)(F)F)C(F)(F)F)ccc2N1S(=O)(=O)c1ccc(C)cc1. The predicted octanol–water partition coefficient (Wildman–Crippen LogP) is 4.38. The third kappa shape index (κ3) is 6.33. The number of nitrogens with one attached hydrogen (secondary N) is 2. The number of fused-ring (bicyclic) bond motifs is 1. The number of benzene rings is 2. The van der Waals surface area contributed by atoms with Gasteiger partial charge >= 0.3 is 12.4 Å². The molecule has 43 heavy (non-hydrogen) atoms. The van der Waals surface area contributed by atoms with E-state index in [-0.39, 0.29) is 53.4 Å². The summed E-state index contributed by atoms with van der Waals surface area (Å²) in [5.41, 5.74) is -6.31. The molecule has 2 amide bonds. The van der Waals surface area contributed by atoms with Crippen LogP contribution >= 0.6 is 0 Å². The molecule has 0 spiro atoms. The molecule has 3 N–H and O–H groups in total. The van der Waals surface area contributed by atoms with Crippen molar-refractivity contribution in [3.05, 3.63) is 59.2 Å². The van der Waals surface area contributed by atoms with Gasteiger partial charge in [-0.1, -0.05) is 29.8 Å². The zero-order valence-corrected chi connectivity index (χ0v) is 24.0. The number of aryl methyl sites for hydroxylation is 2. The Morgan fingerprint density at radius 2 is 1.51 bits per heavy atom. The first kappa shape index (κ1) is 32.6. The average Bonchev–Trinajstić information content (AvgIpc) is 3.31. The molecule has 0 aromatic heterocycles. The summed E-state index contributed by atoms with van der Waals surface area (Å²) in [7, 11) is -4.46. The molecule has 2 aliphatic rings. The van der Waals surface area contributed by atoms with E-state index in [2.05, 4.69) is 10.6 Å². The number of carbonyl (C=O) groups is 2. The Labute approximate surface area is 244 Å². The summed E-state index contributed by atoms with van der Waals surface area (Å²) in [4.78, 5) is 24.5. The van der Waals surface area contributed by atoms with Crippen LogP contribution in [0.2, 0.25) is 0 Å². The van der Waals surface area contributed by atoms with E-state index in [1.165, 1.54) is 31.2 Å². The lowest BCUT2D eigenvalue weighted by Gasteiger charge is -2.39. The van der Waals surface area contributed by atoms with Crippen LogP contribution in [0.1, 0.15) is 55.7 Å².